The Kier molecular flexibility index (Phi) is 3.04. The average Bonchev–Trinajstić information content (AvgIpc) is 3.17. The first kappa shape index (κ1) is 13.1. The number of nitriles is 1. The minimum atomic E-state index is -1.52. The number of esters is 1. The van der Waals surface area contributed by atoms with E-state index in [4.69, 9.17) is 11.2 Å². The van der Waals surface area contributed by atoms with E-state index in [2.05, 4.69) is 12.0 Å². The van der Waals surface area contributed by atoms with Crippen LogP contribution < -0.4 is 0 Å². The third-order valence-electron chi connectivity index (χ3n) is 3.37. The molecule has 0 bridgehead atoms. The van der Waals surface area contributed by atoms with Gasteiger partial charge in [-0.1, -0.05) is 18.1 Å². The SMILES string of the molecule is C#C[C@](OC(C)=O)(c1cccc(F)c1)C1(C#N)CC1. The van der Waals surface area contributed by atoms with E-state index in [0.29, 0.717) is 18.4 Å². The van der Waals surface area contributed by atoms with Crippen molar-refractivity contribution in [2.24, 2.45) is 5.41 Å². The largest absolute Gasteiger partial charge is 0.440 e. The molecule has 1 aromatic rings. The number of hydrogen-bond donors (Lipinski definition) is 0. The summed E-state index contributed by atoms with van der Waals surface area (Å²) in [5.41, 5.74) is -2.15. The van der Waals surface area contributed by atoms with E-state index < -0.39 is 22.8 Å². The minimum Gasteiger partial charge on any atom is -0.440 e. The quantitative estimate of drug-likeness (QED) is 0.617. The zero-order chi connectivity index (χ0) is 14.1. The predicted molar refractivity (Wildman–Crippen MR) is 66.0 cm³/mol. The molecule has 1 fully saturated rings. The van der Waals surface area contributed by atoms with Crippen LogP contribution in [0.1, 0.15) is 25.3 Å². The topological polar surface area (TPSA) is 50.1 Å². The molecule has 2 rings (SSSR count). The lowest BCUT2D eigenvalue weighted by Gasteiger charge is -2.32. The Balaban J connectivity index is 2.61. The Morgan fingerprint density at radius 3 is 2.68 bits per heavy atom. The lowest BCUT2D eigenvalue weighted by atomic mass is 9.79. The van der Waals surface area contributed by atoms with E-state index in [1.54, 1.807) is 6.07 Å². The second kappa shape index (κ2) is 4.40. The van der Waals surface area contributed by atoms with Crippen LogP contribution in [0.5, 0.6) is 0 Å². The van der Waals surface area contributed by atoms with Crippen molar-refractivity contribution >= 4 is 5.97 Å². The molecule has 0 unspecified atom stereocenters. The number of carbonyl (C=O) groups excluding carboxylic acids is 1. The molecule has 1 atom stereocenters. The summed E-state index contributed by atoms with van der Waals surface area (Å²) in [6.07, 6.45) is 6.59. The highest BCUT2D eigenvalue weighted by atomic mass is 19.1. The molecule has 0 saturated heterocycles. The van der Waals surface area contributed by atoms with E-state index in [1.807, 2.05) is 0 Å². The Labute approximate surface area is 111 Å². The van der Waals surface area contributed by atoms with E-state index in [-0.39, 0.29) is 0 Å². The van der Waals surface area contributed by atoms with Gasteiger partial charge in [-0.3, -0.25) is 4.79 Å². The van der Waals surface area contributed by atoms with Crippen molar-refractivity contribution in [1.29, 1.82) is 5.26 Å². The van der Waals surface area contributed by atoms with Crippen molar-refractivity contribution in [2.45, 2.75) is 25.4 Å². The maximum atomic E-state index is 13.4. The van der Waals surface area contributed by atoms with E-state index >= 15 is 0 Å². The molecule has 0 aromatic heterocycles. The fraction of sp³-hybridized carbons (Fsp3) is 0.333. The molecule has 1 aliphatic carbocycles. The molecule has 0 heterocycles. The molecule has 0 N–H and O–H groups in total. The molecule has 1 aromatic carbocycles. The van der Waals surface area contributed by atoms with Crippen LogP contribution in [0.3, 0.4) is 0 Å². The molecule has 1 saturated carbocycles. The third kappa shape index (κ3) is 1.96. The summed E-state index contributed by atoms with van der Waals surface area (Å²) in [6, 6.07) is 7.65. The van der Waals surface area contributed by atoms with Crippen LogP contribution >= 0.6 is 0 Å². The number of rotatable bonds is 3. The maximum absolute atomic E-state index is 13.4. The van der Waals surface area contributed by atoms with E-state index in [1.165, 1.54) is 25.1 Å². The zero-order valence-electron chi connectivity index (χ0n) is 10.4. The summed E-state index contributed by atoms with van der Waals surface area (Å²) in [7, 11) is 0. The Hall–Kier alpha value is -2.33. The lowest BCUT2D eigenvalue weighted by molar-refractivity contribution is -0.156. The molecular weight excluding hydrogens is 245 g/mol. The van der Waals surface area contributed by atoms with Crippen LogP contribution in [0.25, 0.3) is 0 Å². The first-order chi connectivity index (χ1) is 8.99. The standard InChI is InChI=1S/C15H12FNO2/c1-3-15(19-11(2)18,14(10-17)7-8-14)12-5-4-6-13(16)9-12/h1,4-6,9H,7-8H2,2H3/t15-/m0/s1. The van der Waals surface area contributed by atoms with Crippen LogP contribution in [0.15, 0.2) is 24.3 Å². The number of halogens is 1. The summed E-state index contributed by atoms with van der Waals surface area (Å²) in [6.45, 7) is 1.22. The summed E-state index contributed by atoms with van der Waals surface area (Å²) in [5.74, 6) is 1.33. The van der Waals surface area contributed by atoms with Crippen molar-refractivity contribution in [2.75, 3.05) is 0 Å². The van der Waals surface area contributed by atoms with Gasteiger partial charge in [-0.15, -0.1) is 6.42 Å². The summed E-state index contributed by atoms with van der Waals surface area (Å²) in [4.78, 5) is 11.3. The van der Waals surface area contributed by atoms with Crippen LogP contribution in [-0.2, 0) is 15.1 Å². The number of carbonyl (C=O) groups is 1. The third-order valence-corrected chi connectivity index (χ3v) is 3.37. The second-order valence-corrected chi connectivity index (χ2v) is 4.62. The van der Waals surface area contributed by atoms with Gasteiger partial charge in [-0.2, -0.15) is 5.26 Å². The number of nitrogens with zero attached hydrogens (tertiary/aromatic N) is 1. The van der Waals surface area contributed by atoms with Gasteiger partial charge < -0.3 is 4.74 Å². The second-order valence-electron chi connectivity index (χ2n) is 4.62. The molecule has 0 aliphatic heterocycles. The fourth-order valence-corrected chi connectivity index (χ4v) is 2.27. The Morgan fingerprint density at radius 2 is 2.26 bits per heavy atom. The van der Waals surface area contributed by atoms with Gasteiger partial charge in [0.05, 0.1) is 6.07 Å². The highest BCUT2D eigenvalue weighted by Gasteiger charge is 2.63. The highest BCUT2D eigenvalue weighted by molar-refractivity contribution is 5.68. The summed E-state index contributed by atoms with van der Waals surface area (Å²) in [5, 5.41) is 9.34. The lowest BCUT2D eigenvalue weighted by Crippen LogP contribution is -2.39. The van der Waals surface area contributed by atoms with Crippen molar-refractivity contribution < 1.29 is 13.9 Å². The van der Waals surface area contributed by atoms with Gasteiger partial charge in [0.25, 0.3) is 0 Å². The molecule has 0 spiro atoms. The fourth-order valence-electron chi connectivity index (χ4n) is 2.27. The predicted octanol–water partition coefficient (Wildman–Crippen LogP) is 2.52. The molecule has 0 amide bonds. The number of benzene rings is 1. The van der Waals surface area contributed by atoms with Gasteiger partial charge in [-0.05, 0) is 25.0 Å². The van der Waals surface area contributed by atoms with E-state index in [0.717, 1.165) is 0 Å². The van der Waals surface area contributed by atoms with Crippen molar-refractivity contribution in [3.63, 3.8) is 0 Å². The zero-order valence-corrected chi connectivity index (χ0v) is 10.4. The van der Waals surface area contributed by atoms with Gasteiger partial charge >= 0.3 is 5.97 Å². The Morgan fingerprint density at radius 1 is 1.58 bits per heavy atom. The highest BCUT2D eigenvalue weighted by Crippen LogP contribution is 2.59. The molecule has 0 radical (unpaired) electrons. The van der Waals surface area contributed by atoms with Gasteiger partial charge in [0, 0.05) is 12.5 Å². The monoisotopic (exact) mass is 257 g/mol. The van der Waals surface area contributed by atoms with E-state index in [9.17, 15) is 14.4 Å². The first-order valence-electron chi connectivity index (χ1n) is 5.84. The number of terminal acetylenes is 1. The molecule has 1 aliphatic rings. The summed E-state index contributed by atoms with van der Waals surface area (Å²) < 4.78 is 18.7. The van der Waals surface area contributed by atoms with Crippen LogP contribution in [-0.4, -0.2) is 5.97 Å². The molecule has 3 nitrogen and oxygen atoms in total. The van der Waals surface area contributed by atoms with Gasteiger partial charge in [0.1, 0.15) is 11.2 Å². The summed E-state index contributed by atoms with van der Waals surface area (Å²) >= 11 is 0. The van der Waals surface area contributed by atoms with Crippen molar-refractivity contribution in [1.82, 2.24) is 0 Å². The molecule has 19 heavy (non-hydrogen) atoms. The van der Waals surface area contributed by atoms with Crippen molar-refractivity contribution in [3.8, 4) is 18.4 Å². The minimum absolute atomic E-state index is 0.323. The number of hydrogen-bond acceptors (Lipinski definition) is 3. The van der Waals surface area contributed by atoms with Crippen LogP contribution in [0, 0.1) is 34.9 Å². The van der Waals surface area contributed by atoms with Crippen molar-refractivity contribution in [3.05, 3.63) is 35.6 Å². The maximum Gasteiger partial charge on any atom is 0.304 e. The smallest absolute Gasteiger partial charge is 0.304 e. The first-order valence-corrected chi connectivity index (χ1v) is 5.84. The van der Waals surface area contributed by atoms with Crippen LogP contribution in [0.2, 0.25) is 0 Å². The Bertz CT molecular complexity index is 607. The normalized spacial score (nSPS) is 18.5. The van der Waals surface area contributed by atoms with Gasteiger partial charge in [0.15, 0.2) is 0 Å². The van der Waals surface area contributed by atoms with Gasteiger partial charge in [0.2, 0.25) is 5.60 Å². The van der Waals surface area contributed by atoms with Crippen LogP contribution in [0.4, 0.5) is 4.39 Å². The number of ether oxygens (including phenoxy) is 1. The molecule has 96 valence electrons. The molecular formula is C15H12FNO2. The average molecular weight is 257 g/mol. The molecule has 4 heteroatoms. The van der Waals surface area contributed by atoms with Gasteiger partial charge in [-0.25, -0.2) is 4.39 Å².